The molecule has 36 heavy (non-hydrogen) atoms. The van der Waals surface area contributed by atoms with Gasteiger partial charge in [-0.2, -0.15) is 0 Å². The predicted octanol–water partition coefficient (Wildman–Crippen LogP) is 5.20. The highest BCUT2D eigenvalue weighted by Gasteiger charge is 2.26. The minimum absolute atomic E-state index is 0.0759. The molecule has 1 aromatic heterocycles. The van der Waals surface area contributed by atoms with E-state index in [4.69, 9.17) is 28.9 Å². The molecule has 1 amide bonds. The molecular weight excluding hydrogens is 497 g/mol. The number of nitrogens with one attached hydrogen (secondary N) is 2. The van der Waals surface area contributed by atoms with Crippen LogP contribution in [0.4, 0.5) is 5.69 Å². The molecule has 0 bridgehead atoms. The van der Waals surface area contributed by atoms with E-state index < -0.39 is 6.04 Å². The maximum Gasteiger partial charge on any atom is 0.254 e. The van der Waals surface area contributed by atoms with Crippen LogP contribution < -0.4 is 21.9 Å². The molecule has 188 valence electrons. The Bertz CT molecular complexity index is 1280. The Balaban J connectivity index is 1.67. The van der Waals surface area contributed by atoms with E-state index in [2.05, 4.69) is 15.6 Å². The van der Waals surface area contributed by atoms with Crippen molar-refractivity contribution in [3.8, 4) is 11.3 Å². The van der Waals surface area contributed by atoms with Crippen LogP contribution in [-0.4, -0.2) is 21.5 Å². The molecule has 0 spiro atoms. The molecule has 1 aliphatic carbocycles. The Morgan fingerprint density at radius 1 is 1.14 bits per heavy atom. The van der Waals surface area contributed by atoms with E-state index in [1.807, 2.05) is 30.3 Å². The molecule has 4 rings (SSSR count). The van der Waals surface area contributed by atoms with Gasteiger partial charge in [0, 0.05) is 41.0 Å². The van der Waals surface area contributed by atoms with Crippen molar-refractivity contribution in [3.05, 3.63) is 93.2 Å². The molecule has 0 radical (unpaired) electrons. The lowest BCUT2D eigenvalue weighted by Gasteiger charge is -2.26. The Labute approximate surface area is 220 Å². The molecule has 1 saturated carbocycles. The van der Waals surface area contributed by atoms with Crippen molar-refractivity contribution < 1.29 is 4.79 Å². The molecule has 0 aliphatic heterocycles. The van der Waals surface area contributed by atoms with Crippen LogP contribution >= 0.6 is 23.2 Å². The van der Waals surface area contributed by atoms with Crippen LogP contribution in [0.25, 0.3) is 11.3 Å². The first-order chi connectivity index (χ1) is 17.4. The van der Waals surface area contributed by atoms with Gasteiger partial charge < -0.3 is 16.4 Å². The topological polar surface area (TPSA) is 102 Å². The van der Waals surface area contributed by atoms with Crippen molar-refractivity contribution in [3.63, 3.8) is 0 Å². The number of hydrogen-bond acceptors (Lipinski definition) is 5. The van der Waals surface area contributed by atoms with E-state index in [9.17, 15) is 9.59 Å². The Morgan fingerprint density at radius 2 is 1.89 bits per heavy atom. The summed E-state index contributed by atoms with van der Waals surface area (Å²) in [6, 6.07) is 15.6. The lowest BCUT2D eigenvalue weighted by molar-refractivity contribution is -0.125. The quantitative estimate of drug-likeness (QED) is 0.350. The molecule has 2 aromatic carbocycles. The van der Waals surface area contributed by atoms with Gasteiger partial charge >= 0.3 is 0 Å². The highest BCUT2D eigenvalue weighted by Crippen LogP contribution is 2.29. The van der Waals surface area contributed by atoms with Gasteiger partial charge in [0.2, 0.25) is 5.91 Å². The van der Waals surface area contributed by atoms with Gasteiger partial charge in [-0.15, -0.1) is 0 Å². The highest BCUT2D eigenvalue weighted by atomic mass is 35.5. The third-order valence-electron chi connectivity index (χ3n) is 6.32. The first-order valence-corrected chi connectivity index (χ1v) is 12.8. The van der Waals surface area contributed by atoms with Crippen molar-refractivity contribution >= 4 is 34.8 Å². The van der Waals surface area contributed by atoms with Crippen LogP contribution in [0.3, 0.4) is 0 Å². The van der Waals surface area contributed by atoms with E-state index in [1.165, 1.54) is 29.6 Å². The zero-order chi connectivity index (χ0) is 25.5. The van der Waals surface area contributed by atoms with Crippen molar-refractivity contribution in [1.29, 1.82) is 0 Å². The molecule has 1 fully saturated rings. The predicted molar refractivity (Wildman–Crippen MR) is 145 cm³/mol. The van der Waals surface area contributed by atoms with E-state index in [0.717, 1.165) is 31.2 Å². The average molecular weight is 526 g/mol. The van der Waals surface area contributed by atoms with Crippen molar-refractivity contribution in [1.82, 2.24) is 14.9 Å². The summed E-state index contributed by atoms with van der Waals surface area (Å²) >= 11 is 12.0. The van der Waals surface area contributed by atoms with Crippen molar-refractivity contribution in [2.75, 3.05) is 5.32 Å². The Kier molecular flexibility index (Phi) is 8.67. The van der Waals surface area contributed by atoms with Gasteiger partial charge in [0.15, 0.2) is 0 Å². The number of carbonyl (C=O) groups excluding carboxylic acids is 1. The monoisotopic (exact) mass is 525 g/mol. The normalized spacial score (nSPS) is 15.3. The summed E-state index contributed by atoms with van der Waals surface area (Å²) < 4.78 is 1.41. The first kappa shape index (κ1) is 25.8. The van der Waals surface area contributed by atoms with Crippen LogP contribution in [-0.2, 0) is 11.2 Å². The number of benzene rings is 2. The number of nitrogens with two attached hydrogens (primary N) is 1. The van der Waals surface area contributed by atoms with E-state index >= 15 is 0 Å². The zero-order valence-corrected chi connectivity index (χ0v) is 21.3. The third-order valence-corrected chi connectivity index (χ3v) is 6.67. The van der Waals surface area contributed by atoms with Crippen LogP contribution in [0.15, 0.2) is 77.1 Å². The average Bonchev–Trinajstić information content (AvgIpc) is 2.88. The van der Waals surface area contributed by atoms with Gasteiger partial charge in [0.05, 0.1) is 12.0 Å². The second-order valence-electron chi connectivity index (χ2n) is 8.93. The molecule has 1 aliphatic rings. The van der Waals surface area contributed by atoms with Crippen LogP contribution in [0.2, 0.25) is 5.02 Å². The SMILES string of the molecule is N/C(Cl)=C\Nc1ccc(Cl)cc1-c1cc(=O)n(C(Cc2ccccc2)C(=O)NC2CCCCC2)cn1. The number of aromatic nitrogens is 2. The van der Waals surface area contributed by atoms with E-state index in [-0.39, 0.29) is 22.7 Å². The standard InChI is InChI=1S/C27H29Cl2N5O2/c28-19-11-12-22(31-16-25(29)30)21(14-19)23-15-26(35)34(17-32-23)24(13-18-7-3-1-4-8-18)27(36)33-20-9-5-2-6-10-20/h1,3-4,7-8,11-12,14-17,20,24,31H,2,5-6,9-10,13,30H2,(H,33,36)/b25-16-. The molecule has 7 nitrogen and oxygen atoms in total. The van der Waals surface area contributed by atoms with Crippen LogP contribution in [0.5, 0.6) is 0 Å². The molecular formula is C27H29Cl2N5O2. The summed E-state index contributed by atoms with van der Waals surface area (Å²) in [4.78, 5) is 31.3. The van der Waals surface area contributed by atoms with Crippen LogP contribution in [0.1, 0.15) is 43.7 Å². The third kappa shape index (κ3) is 6.68. The fraction of sp³-hybridized carbons (Fsp3) is 0.296. The number of halogens is 2. The maximum absolute atomic E-state index is 13.4. The van der Waals surface area contributed by atoms with E-state index in [1.54, 1.807) is 18.2 Å². The minimum atomic E-state index is -0.723. The molecule has 1 atom stereocenters. The lowest BCUT2D eigenvalue weighted by atomic mass is 9.95. The van der Waals surface area contributed by atoms with Crippen molar-refractivity contribution in [2.45, 2.75) is 50.6 Å². The molecule has 0 saturated heterocycles. The number of rotatable bonds is 8. The van der Waals surface area contributed by atoms with Gasteiger partial charge in [-0.3, -0.25) is 14.2 Å². The number of carbonyl (C=O) groups is 1. The molecule has 1 unspecified atom stereocenters. The fourth-order valence-corrected chi connectivity index (χ4v) is 4.72. The van der Waals surface area contributed by atoms with Crippen LogP contribution in [0, 0.1) is 0 Å². The summed E-state index contributed by atoms with van der Waals surface area (Å²) in [5, 5.41) is 6.73. The van der Waals surface area contributed by atoms with E-state index in [0.29, 0.717) is 28.4 Å². The molecule has 3 aromatic rings. The molecule has 9 heteroatoms. The number of hydrogen-bond donors (Lipinski definition) is 3. The van der Waals surface area contributed by atoms with Gasteiger partial charge in [0.25, 0.3) is 5.56 Å². The number of nitrogens with zero attached hydrogens (tertiary/aromatic N) is 2. The minimum Gasteiger partial charge on any atom is -0.388 e. The largest absolute Gasteiger partial charge is 0.388 e. The Morgan fingerprint density at radius 3 is 2.58 bits per heavy atom. The summed E-state index contributed by atoms with van der Waals surface area (Å²) in [7, 11) is 0. The van der Waals surface area contributed by atoms with Crippen molar-refractivity contribution in [2.24, 2.45) is 5.73 Å². The highest BCUT2D eigenvalue weighted by molar-refractivity contribution is 6.31. The molecule has 1 heterocycles. The smallest absolute Gasteiger partial charge is 0.254 e. The maximum atomic E-state index is 13.4. The number of anilines is 1. The lowest BCUT2D eigenvalue weighted by Crippen LogP contribution is -2.43. The summed E-state index contributed by atoms with van der Waals surface area (Å²) in [6.07, 6.45) is 8.56. The van der Waals surface area contributed by atoms with Gasteiger partial charge in [-0.1, -0.05) is 72.8 Å². The Hall–Kier alpha value is -3.29. The zero-order valence-electron chi connectivity index (χ0n) is 19.8. The van der Waals surface area contributed by atoms with Gasteiger partial charge in [-0.25, -0.2) is 4.98 Å². The molecule has 4 N–H and O–H groups in total. The summed E-state index contributed by atoms with van der Waals surface area (Å²) in [5.41, 5.74) is 7.80. The number of amides is 1. The van der Waals surface area contributed by atoms with Gasteiger partial charge in [-0.05, 0) is 36.6 Å². The second-order valence-corrected chi connectivity index (χ2v) is 9.81. The first-order valence-electron chi connectivity index (χ1n) is 12.0. The second kappa shape index (κ2) is 12.1. The van der Waals surface area contributed by atoms with Gasteiger partial charge in [0.1, 0.15) is 11.2 Å². The fourth-order valence-electron chi connectivity index (χ4n) is 4.49. The summed E-state index contributed by atoms with van der Waals surface area (Å²) in [5.74, 6) is -0.171. The summed E-state index contributed by atoms with van der Waals surface area (Å²) in [6.45, 7) is 0.